The van der Waals surface area contributed by atoms with Crippen molar-refractivity contribution in [3.8, 4) is 0 Å². The van der Waals surface area contributed by atoms with Gasteiger partial charge in [-0.05, 0) is 11.1 Å². The molecular formula is C23H27NO6. The Kier molecular flexibility index (Phi) is 6.34. The Morgan fingerprint density at radius 1 is 1.00 bits per heavy atom. The van der Waals surface area contributed by atoms with E-state index in [-0.39, 0.29) is 25.4 Å². The molecule has 7 heteroatoms. The molecule has 2 aliphatic heterocycles. The van der Waals surface area contributed by atoms with Crippen LogP contribution in [0.2, 0.25) is 0 Å². The van der Waals surface area contributed by atoms with Crippen LogP contribution in [0.5, 0.6) is 0 Å². The van der Waals surface area contributed by atoms with Gasteiger partial charge in [-0.3, -0.25) is 4.90 Å². The predicted molar refractivity (Wildman–Crippen MR) is 109 cm³/mol. The minimum atomic E-state index is -1.05. The third-order valence-electron chi connectivity index (χ3n) is 5.76. The molecule has 0 saturated carbocycles. The Labute approximate surface area is 176 Å². The number of nitrogens with zero attached hydrogens (tertiary/aromatic N) is 1. The number of likely N-dealkylation sites (tertiary alicyclic amines) is 1. The molecule has 160 valence electrons. The smallest absolute Gasteiger partial charge is 0.410 e. The summed E-state index contributed by atoms with van der Waals surface area (Å²) in [7, 11) is 3.11. The minimum Gasteiger partial charge on any atom is -0.445 e. The van der Waals surface area contributed by atoms with Crippen LogP contribution in [-0.4, -0.2) is 62.4 Å². The topological polar surface area (TPSA) is 66.5 Å². The van der Waals surface area contributed by atoms with Crippen molar-refractivity contribution in [2.24, 2.45) is 0 Å². The quantitative estimate of drug-likeness (QED) is 0.650. The fourth-order valence-electron chi connectivity index (χ4n) is 4.13. The summed E-state index contributed by atoms with van der Waals surface area (Å²) >= 11 is 0. The van der Waals surface area contributed by atoms with E-state index in [1.807, 2.05) is 60.7 Å². The Hall–Kier alpha value is -2.45. The van der Waals surface area contributed by atoms with Gasteiger partial charge >= 0.3 is 6.09 Å². The summed E-state index contributed by atoms with van der Waals surface area (Å²) in [6, 6.07) is 19.0. The van der Waals surface area contributed by atoms with Crippen molar-refractivity contribution in [3.05, 3.63) is 71.8 Å². The molecule has 4 rings (SSSR count). The standard InChI is InChI=1S/C23H27NO6/c1-26-23(27-2)16-30-20-19(28-14-17-9-5-3-6-10-17)13-24(21(20)23)22(25)29-15-18-11-7-4-8-12-18/h3-12,19-21H,13-16H2,1-2H3/t19?,20-,21+/m1/s1. The Morgan fingerprint density at radius 3 is 2.20 bits per heavy atom. The number of fused-ring (bicyclic) bond motifs is 1. The lowest BCUT2D eigenvalue weighted by Gasteiger charge is -2.35. The molecule has 0 bridgehead atoms. The van der Waals surface area contributed by atoms with Gasteiger partial charge in [0.25, 0.3) is 0 Å². The van der Waals surface area contributed by atoms with Crippen molar-refractivity contribution < 1.29 is 28.5 Å². The molecule has 7 nitrogen and oxygen atoms in total. The molecule has 1 unspecified atom stereocenters. The molecule has 1 amide bonds. The summed E-state index contributed by atoms with van der Waals surface area (Å²) < 4.78 is 29.0. The third kappa shape index (κ3) is 4.06. The maximum Gasteiger partial charge on any atom is 0.410 e. The summed E-state index contributed by atoms with van der Waals surface area (Å²) in [6.07, 6.45) is -1.12. The van der Waals surface area contributed by atoms with E-state index in [0.29, 0.717) is 13.2 Å². The van der Waals surface area contributed by atoms with Crippen molar-refractivity contribution in [1.82, 2.24) is 4.90 Å². The maximum absolute atomic E-state index is 13.0. The van der Waals surface area contributed by atoms with Gasteiger partial charge in [0.15, 0.2) is 0 Å². The predicted octanol–water partition coefficient (Wildman–Crippen LogP) is 2.98. The molecule has 0 N–H and O–H groups in total. The van der Waals surface area contributed by atoms with E-state index in [0.717, 1.165) is 11.1 Å². The molecule has 2 heterocycles. The molecule has 2 saturated heterocycles. The van der Waals surface area contributed by atoms with Gasteiger partial charge in [0.2, 0.25) is 5.79 Å². The molecule has 0 spiro atoms. The first-order chi connectivity index (χ1) is 14.7. The monoisotopic (exact) mass is 413 g/mol. The number of benzene rings is 2. The zero-order valence-electron chi connectivity index (χ0n) is 17.2. The lowest BCUT2D eigenvalue weighted by molar-refractivity contribution is -0.224. The Bertz CT molecular complexity index is 826. The van der Waals surface area contributed by atoms with Crippen LogP contribution < -0.4 is 0 Å². The number of carbonyl (C=O) groups is 1. The maximum atomic E-state index is 13.0. The molecule has 30 heavy (non-hydrogen) atoms. The number of hydrogen-bond acceptors (Lipinski definition) is 6. The van der Waals surface area contributed by atoms with Crippen molar-refractivity contribution in [1.29, 1.82) is 0 Å². The van der Waals surface area contributed by atoms with Gasteiger partial charge in [0, 0.05) is 14.2 Å². The van der Waals surface area contributed by atoms with Crippen LogP contribution in [0, 0.1) is 0 Å². The highest BCUT2D eigenvalue weighted by atomic mass is 16.7. The first-order valence-electron chi connectivity index (χ1n) is 10.0. The van der Waals surface area contributed by atoms with Crippen molar-refractivity contribution in [2.45, 2.75) is 37.3 Å². The fourth-order valence-corrected chi connectivity index (χ4v) is 4.13. The molecule has 0 aromatic heterocycles. The fraction of sp³-hybridized carbons (Fsp3) is 0.435. The molecule has 2 fully saturated rings. The highest BCUT2D eigenvalue weighted by molar-refractivity contribution is 5.69. The number of amides is 1. The highest BCUT2D eigenvalue weighted by Crippen LogP contribution is 2.40. The molecule has 2 aromatic rings. The van der Waals surface area contributed by atoms with Crippen LogP contribution in [-0.2, 0) is 36.9 Å². The van der Waals surface area contributed by atoms with Gasteiger partial charge in [0.05, 0.1) is 13.2 Å². The lowest BCUT2D eigenvalue weighted by atomic mass is 10.0. The average Bonchev–Trinajstić information content (AvgIpc) is 3.36. The normalized spacial score (nSPS) is 24.6. The summed E-state index contributed by atoms with van der Waals surface area (Å²) in [5, 5.41) is 0. The number of hydrogen-bond donors (Lipinski definition) is 0. The number of rotatable bonds is 7. The van der Waals surface area contributed by atoms with E-state index < -0.39 is 17.9 Å². The minimum absolute atomic E-state index is 0.191. The summed E-state index contributed by atoms with van der Waals surface area (Å²) in [4.78, 5) is 14.6. The van der Waals surface area contributed by atoms with E-state index in [1.165, 1.54) is 0 Å². The van der Waals surface area contributed by atoms with Gasteiger partial charge in [-0.25, -0.2) is 4.79 Å². The van der Waals surface area contributed by atoms with Crippen molar-refractivity contribution in [3.63, 3.8) is 0 Å². The van der Waals surface area contributed by atoms with E-state index in [4.69, 9.17) is 23.7 Å². The number of carbonyl (C=O) groups excluding carboxylic acids is 1. The Balaban J connectivity index is 1.48. The zero-order chi connectivity index (χ0) is 21.0. The van der Waals surface area contributed by atoms with Crippen LogP contribution in [0.1, 0.15) is 11.1 Å². The van der Waals surface area contributed by atoms with Gasteiger partial charge in [-0.15, -0.1) is 0 Å². The van der Waals surface area contributed by atoms with Crippen LogP contribution >= 0.6 is 0 Å². The molecule has 2 aliphatic rings. The van der Waals surface area contributed by atoms with Gasteiger partial charge in [-0.1, -0.05) is 60.7 Å². The second-order valence-corrected chi connectivity index (χ2v) is 7.47. The van der Waals surface area contributed by atoms with Gasteiger partial charge in [0.1, 0.15) is 31.5 Å². The van der Waals surface area contributed by atoms with Crippen molar-refractivity contribution in [2.75, 3.05) is 27.4 Å². The van der Waals surface area contributed by atoms with E-state index in [9.17, 15) is 4.79 Å². The molecule has 3 atom stereocenters. The SMILES string of the molecule is COC1(OC)CO[C@@H]2C(OCc3ccccc3)CN(C(=O)OCc3ccccc3)[C@@H]21. The van der Waals surface area contributed by atoms with E-state index in [1.54, 1.807) is 19.1 Å². The van der Waals surface area contributed by atoms with Crippen LogP contribution in [0.15, 0.2) is 60.7 Å². The molecular weight excluding hydrogens is 386 g/mol. The lowest BCUT2D eigenvalue weighted by Crippen LogP contribution is -2.55. The van der Waals surface area contributed by atoms with Gasteiger partial charge < -0.3 is 23.7 Å². The van der Waals surface area contributed by atoms with Crippen molar-refractivity contribution >= 4 is 6.09 Å². The summed E-state index contributed by atoms with van der Waals surface area (Å²) in [6.45, 7) is 1.17. The van der Waals surface area contributed by atoms with Crippen LogP contribution in [0.25, 0.3) is 0 Å². The number of ether oxygens (including phenoxy) is 5. The first kappa shape index (κ1) is 20.8. The zero-order valence-corrected chi connectivity index (χ0v) is 17.2. The molecule has 0 radical (unpaired) electrons. The van der Waals surface area contributed by atoms with Crippen LogP contribution in [0.4, 0.5) is 4.79 Å². The van der Waals surface area contributed by atoms with Crippen LogP contribution in [0.3, 0.4) is 0 Å². The summed E-state index contributed by atoms with van der Waals surface area (Å²) in [5.41, 5.74) is 1.98. The summed E-state index contributed by atoms with van der Waals surface area (Å²) in [5.74, 6) is -1.05. The average molecular weight is 413 g/mol. The number of methoxy groups -OCH3 is 2. The largest absolute Gasteiger partial charge is 0.445 e. The second kappa shape index (κ2) is 9.14. The third-order valence-corrected chi connectivity index (χ3v) is 5.76. The van der Waals surface area contributed by atoms with Gasteiger partial charge in [-0.2, -0.15) is 0 Å². The highest BCUT2D eigenvalue weighted by Gasteiger charge is 2.62. The molecule has 0 aliphatic carbocycles. The Morgan fingerprint density at radius 2 is 1.60 bits per heavy atom. The first-order valence-corrected chi connectivity index (χ1v) is 10.0. The molecule has 2 aromatic carbocycles. The second-order valence-electron chi connectivity index (χ2n) is 7.47. The van der Waals surface area contributed by atoms with E-state index >= 15 is 0 Å². The van der Waals surface area contributed by atoms with E-state index in [2.05, 4.69) is 0 Å².